The number of nitrogens with one attached hydrogen (secondary N) is 1. The zero-order valence-electron chi connectivity index (χ0n) is 23.5. The van der Waals surface area contributed by atoms with Gasteiger partial charge in [0.05, 0.1) is 30.4 Å². The molecule has 0 fully saturated rings. The second-order valence-electron chi connectivity index (χ2n) is 9.02. The van der Waals surface area contributed by atoms with Gasteiger partial charge < -0.3 is 18.9 Å². The monoisotopic (exact) mass is 609 g/mol. The Balaban J connectivity index is 1.45. The van der Waals surface area contributed by atoms with Gasteiger partial charge in [0.2, 0.25) is 5.75 Å². The first-order valence-electron chi connectivity index (χ1n) is 13.1. The Labute approximate surface area is 249 Å². The number of methoxy groups -OCH3 is 1. The molecule has 0 aliphatic rings. The van der Waals surface area contributed by atoms with Gasteiger partial charge in [-0.25, -0.2) is 5.43 Å². The van der Waals surface area contributed by atoms with Crippen molar-refractivity contribution in [2.24, 2.45) is 5.10 Å². The van der Waals surface area contributed by atoms with Crippen molar-refractivity contribution in [1.29, 1.82) is 0 Å². The van der Waals surface area contributed by atoms with Crippen LogP contribution in [-0.4, -0.2) is 30.8 Å². The van der Waals surface area contributed by atoms with Crippen molar-refractivity contribution in [3.8, 4) is 28.7 Å². The van der Waals surface area contributed by atoms with E-state index in [0.717, 1.165) is 11.6 Å². The number of hydrogen-bond acceptors (Lipinski definition) is 8. The van der Waals surface area contributed by atoms with Crippen LogP contribution in [0.2, 0.25) is 0 Å². The van der Waals surface area contributed by atoms with E-state index in [0.29, 0.717) is 35.8 Å². The normalized spacial score (nSPS) is 11.2. The third-order valence-electron chi connectivity index (χ3n) is 6.01. The summed E-state index contributed by atoms with van der Waals surface area (Å²) in [5.74, 6) is 0.0789. The fourth-order valence-corrected chi connectivity index (χ4v) is 3.89. The summed E-state index contributed by atoms with van der Waals surface area (Å²) in [6, 6.07) is 20.7. The van der Waals surface area contributed by atoms with Gasteiger partial charge in [-0.05, 0) is 66.6 Å². The molecule has 1 amide bonds. The number of benzene rings is 4. The lowest BCUT2D eigenvalue weighted by Crippen LogP contribution is -2.17. The summed E-state index contributed by atoms with van der Waals surface area (Å²) in [5.41, 5.74) is 2.08. The summed E-state index contributed by atoms with van der Waals surface area (Å²) in [6.45, 7) is 2.20. The van der Waals surface area contributed by atoms with Crippen LogP contribution in [0.4, 0.5) is 18.9 Å². The molecule has 0 aliphatic carbocycles. The van der Waals surface area contributed by atoms with Crippen molar-refractivity contribution in [3.63, 3.8) is 0 Å². The Hall–Kier alpha value is -5.59. The summed E-state index contributed by atoms with van der Waals surface area (Å²) < 4.78 is 61.5. The van der Waals surface area contributed by atoms with Gasteiger partial charge in [0, 0.05) is 11.6 Å². The minimum absolute atomic E-state index is 0.0255. The number of nitro groups is 1. The highest BCUT2D eigenvalue weighted by Gasteiger charge is 2.33. The van der Waals surface area contributed by atoms with Crippen LogP contribution in [0.5, 0.6) is 28.7 Å². The Morgan fingerprint density at radius 3 is 2.32 bits per heavy atom. The summed E-state index contributed by atoms with van der Waals surface area (Å²) in [4.78, 5) is 23.2. The van der Waals surface area contributed by atoms with Crippen LogP contribution in [0.3, 0.4) is 0 Å². The van der Waals surface area contributed by atoms with Gasteiger partial charge in [0.25, 0.3) is 5.91 Å². The quantitative estimate of drug-likeness (QED) is 0.103. The fraction of sp³-hybridized carbons (Fsp3) is 0.161. The standard InChI is InChI=1S/C31H26F3N3O7/c1-3-42-29-15-21(9-12-27(29)44-25-14-11-23(31(32,33)34)17-24(25)37(39)40)18-35-36-30(38)22-10-13-26(28(16-22)41-2)43-19-20-7-5-4-6-8-20/h4-18H,3,19H2,1-2H3,(H,36,38)/b35-18+. The summed E-state index contributed by atoms with van der Waals surface area (Å²) in [6.07, 6.45) is -3.43. The maximum Gasteiger partial charge on any atom is 0.416 e. The van der Waals surface area contributed by atoms with Crippen LogP contribution in [0.15, 0.2) is 90.0 Å². The minimum atomic E-state index is -4.76. The van der Waals surface area contributed by atoms with E-state index in [-0.39, 0.29) is 23.7 Å². The van der Waals surface area contributed by atoms with Gasteiger partial charge in [-0.3, -0.25) is 14.9 Å². The Morgan fingerprint density at radius 1 is 0.909 bits per heavy atom. The Kier molecular flexibility index (Phi) is 10.0. The maximum atomic E-state index is 13.0. The molecule has 13 heteroatoms. The van der Waals surface area contributed by atoms with Gasteiger partial charge in [0.15, 0.2) is 23.0 Å². The molecule has 0 heterocycles. The second kappa shape index (κ2) is 14.1. The third kappa shape index (κ3) is 8.03. The highest BCUT2D eigenvalue weighted by Crippen LogP contribution is 2.40. The van der Waals surface area contributed by atoms with E-state index < -0.39 is 34.0 Å². The topological polar surface area (TPSA) is 122 Å². The zero-order chi connectivity index (χ0) is 31.7. The minimum Gasteiger partial charge on any atom is -0.493 e. The highest BCUT2D eigenvalue weighted by atomic mass is 19.4. The first-order chi connectivity index (χ1) is 21.1. The van der Waals surface area contributed by atoms with Crippen LogP contribution in [0.25, 0.3) is 0 Å². The maximum absolute atomic E-state index is 13.0. The molecule has 4 aromatic rings. The smallest absolute Gasteiger partial charge is 0.416 e. The molecule has 4 rings (SSSR count). The van der Waals surface area contributed by atoms with E-state index in [4.69, 9.17) is 18.9 Å². The SMILES string of the molecule is CCOc1cc(/C=N/NC(=O)c2ccc(OCc3ccccc3)c(OC)c2)ccc1Oc1ccc(C(F)(F)F)cc1[N+](=O)[O-]. The average molecular weight is 610 g/mol. The first kappa shape index (κ1) is 31.3. The second-order valence-corrected chi connectivity index (χ2v) is 9.02. The molecular formula is C31H26F3N3O7. The molecule has 44 heavy (non-hydrogen) atoms. The van der Waals surface area contributed by atoms with Gasteiger partial charge in [-0.1, -0.05) is 30.3 Å². The molecule has 228 valence electrons. The number of rotatable bonds is 12. The number of hydrazone groups is 1. The molecule has 4 aromatic carbocycles. The molecule has 0 aromatic heterocycles. The summed E-state index contributed by atoms with van der Waals surface area (Å²) >= 11 is 0. The molecule has 0 aliphatic heterocycles. The number of amides is 1. The molecule has 0 saturated carbocycles. The van der Waals surface area contributed by atoms with Crippen LogP contribution < -0.4 is 24.4 Å². The molecule has 0 unspecified atom stereocenters. The summed E-state index contributed by atoms with van der Waals surface area (Å²) in [5, 5.41) is 15.4. The number of ether oxygens (including phenoxy) is 4. The lowest BCUT2D eigenvalue weighted by molar-refractivity contribution is -0.385. The van der Waals surface area contributed by atoms with Gasteiger partial charge in [-0.2, -0.15) is 18.3 Å². The molecule has 0 atom stereocenters. The molecular weight excluding hydrogens is 583 g/mol. The predicted molar refractivity (Wildman–Crippen MR) is 155 cm³/mol. The third-order valence-corrected chi connectivity index (χ3v) is 6.01. The molecule has 1 N–H and O–H groups in total. The Bertz CT molecular complexity index is 1660. The van der Waals surface area contributed by atoms with E-state index in [1.54, 1.807) is 19.1 Å². The molecule has 0 spiro atoms. The van der Waals surface area contributed by atoms with Crippen molar-refractivity contribution in [1.82, 2.24) is 5.43 Å². The van der Waals surface area contributed by atoms with E-state index in [1.165, 1.54) is 37.6 Å². The number of carbonyl (C=O) groups excluding carboxylic acids is 1. The van der Waals surface area contributed by atoms with Gasteiger partial charge in [-0.15, -0.1) is 0 Å². The number of alkyl halides is 3. The lowest BCUT2D eigenvalue weighted by atomic mass is 10.1. The summed E-state index contributed by atoms with van der Waals surface area (Å²) in [7, 11) is 1.46. The lowest BCUT2D eigenvalue weighted by Gasteiger charge is -2.13. The van der Waals surface area contributed by atoms with Crippen LogP contribution >= 0.6 is 0 Å². The van der Waals surface area contributed by atoms with Gasteiger partial charge in [0.1, 0.15) is 6.61 Å². The van der Waals surface area contributed by atoms with Gasteiger partial charge >= 0.3 is 11.9 Å². The van der Waals surface area contributed by atoms with Crippen LogP contribution in [0.1, 0.15) is 34.0 Å². The number of hydrogen-bond donors (Lipinski definition) is 1. The number of nitrogens with zero attached hydrogens (tertiary/aromatic N) is 2. The number of halogens is 3. The van der Waals surface area contributed by atoms with Crippen LogP contribution in [-0.2, 0) is 12.8 Å². The first-order valence-corrected chi connectivity index (χ1v) is 13.1. The van der Waals surface area contributed by atoms with E-state index in [1.807, 2.05) is 30.3 Å². The largest absolute Gasteiger partial charge is 0.493 e. The number of carbonyl (C=O) groups is 1. The predicted octanol–water partition coefficient (Wildman–Crippen LogP) is 7.16. The van der Waals surface area contributed by atoms with Crippen molar-refractivity contribution < 1.29 is 41.8 Å². The molecule has 10 nitrogen and oxygen atoms in total. The van der Waals surface area contributed by atoms with E-state index in [9.17, 15) is 28.1 Å². The average Bonchev–Trinajstić information content (AvgIpc) is 3.01. The van der Waals surface area contributed by atoms with Crippen molar-refractivity contribution in [2.45, 2.75) is 19.7 Å². The van der Waals surface area contributed by atoms with Crippen molar-refractivity contribution in [3.05, 3.63) is 117 Å². The molecule has 0 bridgehead atoms. The number of nitro benzene ring substituents is 1. The van der Waals surface area contributed by atoms with E-state index >= 15 is 0 Å². The van der Waals surface area contributed by atoms with Crippen molar-refractivity contribution in [2.75, 3.05) is 13.7 Å². The fourth-order valence-electron chi connectivity index (χ4n) is 3.89. The molecule has 0 saturated heterocycles. The zero-order valence-corrected chi connectivity index (χ0v) is 23.5. The van der Waals surface area contributed by atoms with E-state index in [2.05, 4.69) is 10.5 Å². The Morgan fingerprint density at radius 2 is 1.64 bits per heavy atom. The van der Waals surface area contributed by atoms with Crippen molar-refractivity contribution >= 4 is 17.8 Å². The van der Waals surface area contributed by atoms with Crippen LogP contribution in [0, 0.1) is 10.1 Å². The molecule has 0 radical (unpaired) electrons. The highest BCUT2D eigenvalue weighted by molar-refractivity contribution is 5.95.